The Bertz CT molecular complexity index is 454. The monoisotopic (exact) mass is 394 g/mol. The van der Waals surface area contributed by atoms with Crippen LogP contribution in [0.25, 0.3) is 0 Å². The van der Waals surface area contributed by atoms with Crippen LogP contribution in [0.2, 0.25) is 0 Å². The number of aliphatic hydroxyl groups is 3. The molecule has 0 saturated heterocycles. The number of rotatable bonds is 5. The molecule has 0 amide bonds. The van der Waals surface area contributed by atoms with E-state index in [-0.39, 0.29) is 18.3 Å². The van der Waals surface area contributed by atoms with Crippen LogP contribution in [0.4, 0.5) is 0 Å². The number of aliphatic hydroxyl groups excluding tert-OH is 3. The minimum Gasteiger partial charge on any atom is -0.393 e. The summed E-state index contributed by atoms with van der Waals surface area (Å²) in [5.74, 6) is 4.09. The first-order chi connectivity index (χ1) is 13.3. The van der Waals surface area contributed by atoms with Crippen molar-refractivity contribution in [2.75, 3.05) is 0 Å². The maximum Gasteiger partial charge on any atom is 0.0568 e. The van der Waals surface area contributed by atoms with Gasteiger partial charge in [0, 0.05) is 0 Å². The van der Waals surface area contributed by atoms with Crippen molar-refractivity contribution >= 4 is 0 Å². The topological polar surface area (TPSA) is 60.7 Å². The van der Waals surface area contributed by atoms with Gasteiger partial charge < -0.3 is 15.3 Å². The second kappa shape index (κ2) is 9.79. The van der Waals surface area contributed by atoms with E-state index in [1.54, 1.807) is 0 Å². The minimum atomic E-state index is -0.157. The van der Waals surface area contributed by atoms with Crippen LogP contribution < -0.4 is 0 Å². The van der Waals surface area contributed by atoms with Crippen molar-refractivity contribution in [3.8, 4) is 0 Å². The molecule has 28 heavy (non-hydrogen) atoms. The van der Waals surface area contributed by atoms with Gasteiger partial charge in [-0.1, -0.05) is 47.0 Å². The van der Waals surface area contributed by atoms with Crippen molar-refractivity contribution in [2.24, 2.45) is 47.3 Å². The van der Waals surface area contributed by atoms with Crippen LogP contribution in [-0.2, 0) is 0 Å². The van der Waals surface area contributed by atoms with Crippen LogP contribution in [0.3, 0.4) is 0 Å². The van der Waals surface area contributed by atoms with Crippen molar-refractivity contribution in [3.63, 3.8) is 0 Å². The summed E-state index contributed by atoms with van der Waals surface area (Å²) in [5.41, 5.74) is 0. The zero-order valence-electron chi connectivity index (χ0n) is 18.8. The molecule has 0 aromatic rings. The Balaban J connectivity index is 1.79. The molecule has 3 aliphatic rings. The summed E-state index contributed by atoms with van der Waals surface area (Å²) in [5, 5.41) is 31.6. The van der Waals surface area contributed by atoms with Crippen LogP contribution in [0.1, 0.15) is 91.9 Å². The van der Waals surface area contributed by atoms with E-state index in [0.29, 0.717) is 47.3 Å². The maximum atomic E-state index is 10.6. The second-order valence-corrected chi connectivity index (χ2v) is 10.9. The van der Waals surface area contributed by atoms with E-state index in [9.17, 15) is 15.3 Å². The molecule has 0 aromatic heterocycles. The van der Waals surface area contributed by atoms with Gasteiger partial charge in [0.05, 0.1) is 18.3 Å². The van der Waals surface area contributed by atoms with E-state index in [0.717, 1.165) is 38.5 Å². The third-order valence-electron chi connectivity index (χ3n) is 9.43. The lowest BCUT2D eigenvalue weighted by atomic mass is 9.59. The van der Waals surface area contributed by atoms with Gasteiger partial charge >= 0.3 is 0 Å². The third-order valence-corrected chi connectivity index (χ3v) is 9.43. The van der Waals surface area contributed by atoms with Gasteiger partial charge in [0.15, 0.2) is 0 Å². The van der Waals surface area contributed by atoms with Gasteiger partial charge in [-0.15, -0.1) is 0 Å². The summed E-state index contributed by atoms with van der Waals surface area (Å²) in [6.07, 6.45) is 10.8. The Morgan fingerprint density at radius 3 is 1.39 bits per heavy atom. The lowest BCUT2D eigenvalue weighted by molar-refractivity contribution is -0.0490. The Kier molecular flexibility index (Phi) is 7.89. The highest BCUT2D eigenvalue weighted by Gasteiger charge is 2.43. The van der Waals surface area contributed by atoms with Crippen LogP contribution in [0.15, 0.2) is 0 Å². The SMILES string of the molecule is CC(CC(C1CCCC(O)C1C)C1CCCC(O)C1C)C1CCCC(O)C1C. The van der Waals surface area contributed by atoms with E-state index in [2.05, 4.69) is 27.7 Å². The predicted octanol–water partition coefficient (Wildman–Crippen LogP) is 5.02. The summed E-state index contributed by atoms with van der Waals surface area (Å²) < 4.78 is 0. The quantitative estimate of drug-likeness (QED) is 0.613. The lowest BCUT2D eigenvalue weighted by Gasteiger charge is -2.48. The molecule has 3 nitrogen and oxygen atoms in total. The molecular weight excluding hydrogens is 348 g/mol. The molecule has 3 saturated carbocycles. The highest BCUT2D eigenvalue weighted by atomic mass is 16.3. The van der Waals surface area contributed by atoms with E-state index in [1.165, 1.54) is 25.7 Å². The second-order valence-electron chi connectivity index (χ2n) is 10.9. The molecule has 3 fully saturated rings. The molecule has 0 heterocycles. The summed E-state index contributed by atoms with van der Waals surface area (Å²) in [4.78, 5) is 0. The highest BCUT2D eigenvalue weighted by molar-refractivity contribution is 4.93. The zero-order valence-corrected chi connectivity index (χ0v) is 18.8. The van der Waals surface area contributed by atoms with E-state index >= 15 is 0 Å². The Labute approximate surface area is 173 Å². The van der Waals surface area contributed by atoms with Gasteiger partial charge in [-0.3, -0.25) is 0 Å². The molecule has 164 valence electrons. The molecule has 0 radical (unpaired) electrons. The lowest BCUT2D eigenvalue weighted by Crippen LogP contribution is -2.44. The third kappa shape index (κ3) is 4.78. The van der Waals surface area contributed by atoms with Crippen molar-refractivity contribution in [1.82, 2.24) is 0 Å². The van der Waals surface area contributed by atoms with Gasteiger partial charge in [0.1, 0.15) is 0 Å². The van der Waals surface area contributed by atoms with Gasteiger partial charge in [-0.05, 0) is 92.3 Å². The first kappa shape index (κ1) is 22.6. The Morgan fingerprint density at radius 1 is 0.607 bits per heavy atom. The largest absolute Gasteiger partial charge is 0.393 e. The highest BCUT2D eigenvalue weighted by Crippen LogP contribution is 2.49. The van der Waals surface area contributed by atoms with Crippen LogP contribution in [0.5, 0.6) is 0 Å². The molecule has 10 atom stereocenters. The molecule has 3 rings (SSSR count). The van der Waals surface area contributed by atoms with Crippen LogP contribution in [-0.4, -0.2) is 33.6 Å². The predicted molar refractivity (Wildman–Crippen MR) is 115 cm³/mol. The Morgan fingerprint density at radius 2 is 0.964 bits per heavy atom. The summed E-state index contributed by atoms with van der Waals surface area (Å²) in [6, 6.07) is 0. The summed E-state index contributed by atoms with van der Waals surface area (Å²) >= 11 is 0. The van der Waals surface area contributed by atoms with E-state index in [1.807, 2.05) is 0 Å². The van der Waals surface area contributed by atoms with Gasteiger partial charge in [0.25, 0.3) is 0 Å². The normalized spacial score (nSPS) is 47.5. The van der Waals surface area contributed by atoms with Crippen molar-refractivity contribution < 1.29 is 15.3 Å². The average molecular weight is 395 g/mol. The van der Waals surface area contributed by atoms with Crippen molar-refractivity contribution in [1.29, 1.82) is 0 Å². The van der Waals surface area contributed by atoms with Crippen LogP contribution >= 0.6 is 0 Å². The minimum absolute atomic E-state index is 0.134. The Hall–Kier alpha value is -0.120. The molecule has 3 aliphatic carbocycles. The number of hydrogen-bond acceptors (Lipinski definition) is 3. The average Bonchev–Trinajstić information content (AvgIpc) is 2.67. The molecule has 3 N–H and O–H groups in total. The summed E-state index contributed by atoms with van der Waals surface area (Å²) in [6.45, 7) is 9.20. The fraction of sp³-hybridized carbons (Fsp3) is 1.00. The molecule has 0 aromatic carbocycles. The zero-order chi connectivity index (χ0) is 20.4. The van der Waals surface area contributed by atoms with Crippen LogP contribution in [0, 0.1) is 47.3 Å². The first-order valence-electron chi connectivity index (χ1n) is 12.3. The smallest absolute Gasteiger partial charge is 0.0568 e. The van der Waals surface area contributed by atoms with Crippen molar-refractivity contribution in [3.05, 3.63) is 0 Å². The molecule has 0 spiro atoms. The molecular formula is C25H46O3. The summed E-state index contributed by atoms with van der Waals surface area (Å²) in [7, 11) is 0. The fourth-order valence-electron chi connectivity index (χ4n) is 7.40. The van der Waals surface area contributed by atoms with E-state index in [4.69, 9.17) is 0 Å². The molecule has 0 bridgehead atoms. The standard InChI is InChI=1S/C25H46O3/c1-15(19-8-5-11-23(26)16(19)2)14-22(20-9-6-12-24(27)17(20)3)21-10-7-13-25(28)18(21)4/h15-28H,5-14H2,1-4H3. The first-order valence-corrected chi connectivity index (χ1v) is 12.3. The molecule has 0 aliphatic heterocycles. The fourth-order valence-corrected chi connectivity index (χ4v) is 7.40. The molecule has 3 heteroatoms. The maximum absolute atomic E-state index is 10.6. The van der Waals surface area contributed by atoms with Gasteiger partial charge in [0.2, 0.25) is 0 Å². The van der Waals surface area contributed by atoms with E-state index < -0.39 is 0 Å². The molecule has 10 unspecified atom stereocenters. The number of hydrogen-bond donors (Lipinski definition) is 3. The van der Waals surface area contributed by atoms with Gasteiger partial charge in [-0.25, -0.2) is 0 Å². The van der Waals surface area contributed by atoms with Gasteiger partial charge in [-0.2, -0.15) is 0 Å². The van der Waals surface area contributed by atoms with Crippen molar-refractivity contribution in [2.45, 2.75) is 110 Å².